The second-order valence-corrected chi connectivity index (χ2v) is 3.34. The Kier molecular flexibility index (Phi) is 2.86. The second kappa shape index (κ2) is 3.66. The molecule has 0 aliphatic carbocycles. The number of rotatable bonds is 2. The first-order valence-electron chi connectivity index (χ1n) is 4.14. The molecule has 0 aromatic heterocycles. The zero-order chi connectivity index (χ0) is 11.7. The molecular formula is C10H9F3O2. The molecule has 82 valence electrons. The van der Waals surface area contributed by atoms with Crippen molar-refractivity contribution in [2.75, 3.05) is 0 Å². The van der Waals surface area contributed by atoms with Gasteiger partial charge in [-0.25, -0.2) is 0 Å². The van der Waals surface area contributed by atoms with E-state index in [1.165, 1.54) is 6.92 Å². The third-order valence-electron chi connectivity index (χ3n) is 2.03. The number of carbonyl (C=O) groups excluding carboxylic acids is 1. The topological polar surface area (TPSA) is 37.3 Å². The smallest absolute Gasteiger partial charge is 0.378 e. The van der Waals surface area contributed by atoms with E-state index < -0.39 is 17.3 Å². The molecule has 1 unspecified atom stereocenters. The number of carbonyl (C=O) groups is 1. The van der Waals surface area contributed by atoms with Crippen molar-refractivity contribution >= 4 is 6.29 Å². The van der Waals surface area contributed by atoms with E-state index in [4.69, 9.17) is 0 Å². The van der Waals surface area contributed by atoms with Crippen LogP contribution in [0.25, 0.3) is 0 Å². The summed E-state index contributed by atoms with van der Waals surface area (Å²) in [6.45, 7) is 1.21. The Balaban J connectivity index is 3.06. The van der Waals surface area contributed by atoms with Crippen molar-refractivity contribution in [1.82, 2.24) is 0 Å². The molecule has 0 radical (unpaired) electrons. The number of alkyl halides is 3. The summed E-state index contributed by atoms with van der Waals surface area (Å²) in [5, 5.41) is 9.44. The first kappa shape index (κ1) is 11.7. The Bertz CT molecular complexity index is 352. The fourth-order valence-electron chi connectivity index (χ4n) is 1.06. The number of hydrogen-bond donors (Lipinski definition) is 1. The minimum absolute atomic E-state index is 0.130. The van der Waals surface area contributed by atoms with Crippen molar-refractivity contribution in [2.24, 2.45) is 0 Å². The van der Waals surface area contributed by atoms with Gasteiger partial charge in [0, 0.05) is 0 Å². The first-order valence-corrected chi connectivity index (χ1v) is 4.14. The summed E-state index contributed by atoms with van der Waals surface area (Å²) < 4.78 is 36.5. The monoisotopic (exact) mass is 218 g/mol. The van der Waals surface area contributed by atoms with E-state index >= 15 is 0 Å². The van der Waals surface area contributed by atoms with Crippen molar-refractivity contribution in [1.29, 1.82) is 0 Å². The quantitative estimate of drug-likeness (QED) is 0.772. The van der Waals surface area contributed by atoms with Gasteiger partial charge in [0.2, 0.25) is 0 Å². The molecule has 0 saturated heterocycles. The summed E-state index contributed by atoms with van der Waals surface area (Å²) in [7, 11) is 0. The highest BCUT2D eigenvalue weighted by molar-refractivity contribution is 5.64. The molecule has 1 N–H and O–H groups in total. The Morgan fingerprint density at radius 1 is 1.13 bits per heavy atom. The molecule has 0 bridgehead atoms. The van der Waals surface area contributed by atoms with Gasteiger partial charge >= 0.3 is 6.18 Å². The van der Waals surface area contributed by atoms with Gasteiger partial charge in [-0.1, -0.05) is 12.1 Å². The van der Waals surface area contributed by atoms with Crippen LogP contribution in [0.3, 0.4) is 0 Å². The second-order valence-electron chi connectivity index (χ2n) is 3.34. The summed E-state index contributed by atoms with van der Waals surface area (Å²) in [5.74, 6) is 0. The van der Waals surface area contributed by atoms with Crippen LogP contribution in [0.2, 0.25) is 0 Å². The molecule has 1 atom stereocenters. The number of benzene rings is 1. The van der Waals surface area contributed by atoms with Crippen molar-refractivity contribution in [3.05, 3.63) is 35.4 Å². The standard InChI is InChI=1S/C10H9F3O2/c1-9(15,6-14)7-2-4-8(5-3-7)10(11,12)13/h2-6,15H,1H3. The van der Waals surface area contributed by atoms with Gasteiger partial charge in [0.25, 0.3) is 0 Å². The van der Waals surface area contributed by atoms with Crippen molar-refractivity contribution in [2.45, 2.75) is 18.7 Å². The average Bonchev–Trinajstić information content (AvgIpc) is 2.17. The predicted molar refractivity (Wildman–Crippen MR) is 47.1 cm³/mol. The highest BCUT2D eigenvalue weighted by Crippen LogP contribution is 2.30. The van der Waals surface area contributed by atoms with Gasteiger partial charge in [-0.2, -0.15) is 13.2 Å². The van der Waals surface area contributed by atoms with Crippen LogP contribution in [0.15, 0.2) is 24.3 Å². The first-order chi connectivity index (χ1) is 6.77. The van der Waals surface area contributed by atoms with E-state index in [0.717, 1.165) is 24.3 Å². The van der Waals surface area contributed by atoms with E-state index in [2.05, 4.69) is 0 Å². The van der Waals surface area contributed by atoms with Gasteiger partial charge in [-0.3, -0.25) is 4.79 Å². The molecule has 5 heteroatoms. The molecular weight excluding hydrogens is 209 g/mol. The van der Waals surface area contributed by atoms with Crippen LogP contribution in [0.1, 0.15) is 18.1 Å². The highest BCUT2D eigenvalue weighted by atomic mass is 19.4. The molecule has 1 aromatic carbocycles. The van der Waals surface area contributed by atoms with Crippen molar-refractivity contribution < 1.29 is 23.1 Å². The molecule has 15 heavy (non-hydrogen) atoms. The number of aliphatic hydroxyl groups is 1. The lowest BCUT2D eigenvalue weighted by molar-refractivity contribution is -0.137. The van der Waals surface area contributed by atoms with Gasteiger partial charge < -0.3 is 5.11 Å². The van der Waals surface area contributed by atoms with E-state index in [1.54, 1.807) is 0 Å². The molecule has 0 heterocycles. The van der Waals surface area contributed by atoms with E-state index in [-0.39, 0.29) is 11.8 Å². The van der Waals surface area contributed by atoms with Crippen LogP contribution >= 0.6 is 0 Å². The van der Waals surface area contributed by atoms with Gasteiger partial charge in [0.05, 0.1) is 5.56 Å². The maximum absolute atomic E-state index is 12.2. The molecule has 1 rings (SSSR count). The summed E-state index contributed by atoms with van der Waals surface area (Å²) in [4.78, 5) is 10.4. The van der Waals surface area contributed by atoms with Gasteiger partial charge in [-0.15, -0.1) is 0 Å². The van der Waals surface area contributed by atoms with Crippen LogP contribution in [0.4, 0.5) is 13.2 Å². The molecule has 0 aliphatic heterocycles. The summed E-state index contributed by atoms with van der Waals surface area (Å²) in [6, 6.07) is 3.81. The van der Waals surface area contributed by atoms with Crippen molar-refractivity contribution in [3.63, 3.8) is 0 Å². The third kappa shape index (κ3) is 2.56. The largest absolute Gasteiger partial charge is 0.416 e. The molecule has 2 nitrogen and oxygen atoms in total. The van der Waals surface area contributed by atoms with Crippen LogP contribution in [0, 0.1) is 0 Å². The number of aldehydes is 1. The Hall–Kier alpha value is -1.36. The van der Waals surface area contributed by atoms with Crippen LogP contribution < -0.4 is 0 Å². The van der Waals surface area contributed by atoms with Crippen LogP contribution in [0.5, 0.6) is 0 Å². The minimum atomic E-state index is -4.41. The minimum Gasteiger partial charge on any atom is -0.378 e. The Labute approximate surface area is 84.3 Å². The molecule has 1 aromatic rings. The molecule has 0 aliphatic rings. The lowest BCUT2D eigenvalue weighted by Crippen LogP contribution is -2.22. The maximum Gasteiger partial charge on any atom is 0.416 e. The SMILES string of the molecule is CC(O)(C=O)c1ccc(C(F)(F)F)cc1. The summed E-state index contributed by atoms with van der Waals surface area (Å²) in [6.07, 6.45) is -4.14. The maximum atomic E-state index is 12.2. The number of halogens is 3. The highest BCUT2D eigenvalue weighted by Gasteiger charge is 2.31. The Morgan fingerprint density at radius 2 is 1.53 bits per heavy atom. The fourth-order valence-corrected chi connectivity index (χ4v) is 1.06. The summed E-state index contributed by atoms with van der Waals surface area (Å²) >= 11 is 0. The normalized spacial score (nSPS) is 15.8. The fraction of sp³-hybridized carbons (Fsp3) is 0.300. The zero-order valence-corrected chi connectivity index (χ0v) is 7.88. The average molecular weight is 218 g/mol. The molecule has 0 fully saturated rings. The van der Waals surface area contributed by atoms with E-state index in [1.807, 2.05) is 0 Å². The molecule has 0 spiro atoms. The van der Waals surface area contributed by atoms with Gasteiger partial charge in [-0.05, 0) is 24.6 Å². The lowest BCUT2D eigenvalue weighted by Gasteiger charge is -2.16. The van der Waals surface area contributed by atoms with Crippen LogP contribution in [-0.4, -0.2) is 11.4 Å². The van der Waals surface area contributed by atoms with Gasteiger partial charge in [0.1, 0.15) is 5.60 Å². The summed E-state index contributed by atoms with van der Waals surface area (Å²) in [5.41, 5.74) is -2.43. The lowest BCUT2D eigenvalue weighted by atomic mass is 9.97. The van der Waals surface area contributed by atoms with Gasteiger partial charge in [0.15, 0.2) is 6.29 Å². The molecule has 0 saturated carbocycles. The zero-order valence-electron chi connectivity index (χ0n) is 7.88. The predicted octanol–water partition coefficient (Wildman–Crippen LogP) is 2.11. The van der Waals surface area contributed by atoms with E-state index in [0.29, 0.717) is 0 Å². The molecule has 0 amide bonds. The Morgan fingerprint density at radius 3 is 1.87 bits per heavy atom. The van der Waals surface area contributed by atoms with Crippen molar-refractivity contribution in [3.8, 4) is 0 Å². The third-order valence-corrected chi connectivity index (χ3v) is 2.03. The van der Waals surface area contributed by atoms with Crippen LogP contribution in [-0.2, 0) is 16.6 Å². The number of hydrogen-bond acceptors (Lipinski definition) is 2. The van der Waals surface area contributed by atoms with E-state index in [9.17, 15) is 23.1 Å².